The summed E-state index contributed by atoms with van der Waals surface area (Å²) in [6.45, 7) is 0.653. The molecule has 4 atom stereocenters. The fourth-order valence-corrected chi connectivity index (χ4v) is 5.43. The minimum atomic E-state index is -1.15. The zero-order valence-electron chi connectivity index (χ0n) is 19.1. The van der Waals surface area contributed by atoms with Crippen LogP contribution in [0.25, 0.3) is 11.1 Å². The average Bonchev–Trinajstić information content (AvgIpc) is 3.57. The first-order chi connectivity index (χ1) is 16.9. The minimum absolute atomic E-state index is 0.00351. The molecule has 2 heterocycles. The van der Waals surface area contributed by atoms with Crippen LogP contribution in [0.5, 0.6) is 0 Å². The van der Waals surface area contributed by atoms with Crippen LogP contribution < -0.4 is 5.32 Å². The van der Waals surface area contributed by atoms with Crippen molar-refractivity contribution in [3.63, 3.8) is 0 Å². The number of carboxylic acids is 1. The van der Waals surface area contributed by atoms with E-state index in [0.29, 0.717) is 13.0 Å². The van der Waals surface area contributed by atoms with Gasteiger partial charge in [-0.2, -0.15) is 0 Å². The molecule has 35 heavy (non-hydrogen) atoms. The maximum atomic E-state index is 13.0. The molecule has 3 N–H and O–H groups in total. The fraction of sp³-hybridized carbons (Fsp3) is 0.423. The molecule has 0 bridgehead atoms. The number of ether oxygens (including phenoxy) is 2. The Balaban J connectivity index is 1.17. The van der Waals surface area contributed by atoms with Crippen LogP contribution in [0.1, 0.15) is 29.9 Å². The van der Waals surface area contributed by atoms with Crippen molar-refractivity contribution in [2.75, 3.05) is 26.3 Å². The number of hydrogen-bond acceptors (Lipinski definition) is 6. The van der Waals surface area contributed by atoms with Gasteiger partial charge in [-0.3, -0.25) is 4.79 Å². The number of aliphatic carboxylic acids is 1. The number of amides is 2. The molecule has 2 fully saturated rings. The second-order valence-corrected chi connectivity index (χ2v) is 9.28. The van der Waals surface area contributed by atoms with E-state index in [1.54, 1.807) is 0 Å². The number of rotatable bonds is 6. The van der Waals surface area contributed by atoms with Crippen LogP contribution in [-0.4, -0.2) is 77.6 Å². The van der Waals surface area contributed by atoms with Gasteiger partial charge in [0.15, 0.2) is 0 Å². The summed E-state index contributed by atoms with van der Waals surface area (Å²) in [4.78, 5) is 38.2. The Bertz CT molecular complexity index is 1090. The van der Waals surface area contributed by atoms with E-state index in [-0.39, 0.29) is 38.0 Å². The third-order valence-electron chi connectivity index (χ3n) is 7.16. The van der Waals surface area contributed by atoms with Gasteiger partial charge in [0.1, 0.15) is 18.8 Å². The van der Waals surface area contributed by atoms with Crippen LogP contribution in [0.4, 0.5) is 4.79 Å². The van der Waals surface area contributed by atoms with Gasteiger partial charge in [0.05, 0.1) is 6.10 Å². The second-order valence-electron chi connectivity index (χ2n) is 9.28. The van der Waals surface area contributed by atoms with E-state index in [4.69, 9.17) is 9.47 Å². The lowest BCUT2D eigenvalue weighted by atomic mass is 9.98. The van der Waals surface area contributed by atoms with E-state index in [0.717, 1.165) is 22.3 Å². The number of aliphatic hydroxyl groups is 1. The number of aliphatic hydroxyl groups excluding tert-OH is 1. The molecule has 2 aliphatic heterocycles. The molecule has 0 spiro atoms. The normalized spacial score (nSPS) is 25.2. The Morgan fingerprint density at radius 2 is 1.71 bits per heavy atom. The molecule has 2 aromatic rings. The number of β-amino-alcohol motifs (C(OH)–C–C–N with tert-alkyl or cyclic N) is 1. The Labute approximate surface area is 202 Å². The highest BCUT2D eigenvalue weighted by atomic mass is 16.5. The number of nitrogens with one attached hydrogen (secondary N) is 1. The SMILES string of the molecule is O=C(NC[C@H]1CCO[C@H]1C(=O)N1C[C@H](O)C[C@@H]1C(=O)O)OCC1c2ccccc2-c2ccccc21. The highest BCUT2D eigenvalue weighted by molar-refractivity contribution is 5.87. The Hall–Kier alpha value is -3.43. The lowest BCUT2D eigenvalue weighted by molar-refractivity contribution is -0.153. The predicted octanol–water partition coefficient (Wildman–Crippen LogP) is 1.98. The molecule has 2 saturated heterocycles. The molecule has 0 saturated carbocycles. The molecular weight excluding hydrogens is 452 g/mol. The third-order valence-corrected chi connectivity index (χ3v) is 7.16. The smallest absolute Gasteiger partial charge is 0.407 e. The van der Waals surface area contributed by atoms with Crippen molar-refractivity contribution in [2.45, 2.75) is 37.0 Å². The number of hydrogen-bond donors (Lipinski definition) is 3. The summed E-state index contributed by atoms with van der Waals surface area (Å²) in [6, 6.07) is 15.1. The standard InChI is InChI=1S/C26H28N2O7/c29-16-11-22(25(31)32)28(13-16)24(30)23-15(9-10-34-23)12-27-26(33)35-14-21-19-7-3-1-5-17(19)18-6-2-4-8-20(18)21/h1-8,15-16,21-23,29H,9-14H2,(H,27,33)(H,31,32)/t15-,16-,22-,23-/m1/s1. The van der Waals surface area contributed by atoms with E-state index in [2.05, 4.69) is 17.4 Å². The van der Waals surface area contributed by atoms with Crippen molar-refractivity contribution in [1.82, 2.24) is 10.2 Å². The quantitative estimate of drug-likeness (QED) is 0.577. The van der Waals surface area contributed by atoms with Gasteiger partial charge in [-0.05, 0) is 28.7 Å². The van der Waals surface area contributed by atoms with Gasteiger partial charge in [0.25, 0.3) is 5.91 Å². The molecule has 0 aromatic heterocycles. The Morgan fingerprint density at radius 3 is 2.37 bits per heavy atom. The van der Waals surface area contributed by atoms with Crippen molar-refractivity contribution < 1.29 is 34.1 Å². The summed E-state index contributed by atoms with van der Waals surface area (Å²) in [5.41, 5.74) is 4.54. The van der Waals surface area contributed by atoms with Crippen LogP contribution in [0, 0.1) is 5.92 Å². The second kappa shape index (κ2) is 9.67. The summed E-state index contributed by atoms with van der Waals surface area (Å²) < 4.78 is 11.2. The first-order valence-corrected chi connectivity index (χ1v) is 11.9. The first kappa shape index (κ1) is 23.3. The molecule has 2 aromatic carbocycles. The number of likely N-dealkylation sites (tertiary alicyclic amines) is 1. The highest BCUT2D eigenvalue weighted by Crippen LogP contribution is 2.44. The number of fused-ring (bicyclic) bond motifs is 3. The number of benzene rings is 2. The molecule has 5 rings (SSSR count). The zero-order valence-corrected chi connectivity index (χ0v) is 19.1. The van der Waals surface area contributed by atoms with Crippen molar-refractivity contribution in [3.05, 3.63) is 59.7 Å². The topological polar surface area (TPSA) is 125 Å². The van der Waals surface area contributed by atoms with Crippen molar-refractivity contribution in [1.29, 1.82) is 0 Å². The van der Waals surface area contributed by atoms with Crippen molar-refractivity contribution in [3.8, 4) is 11.1 Å². The van der Waals surface area contributed by atoms with Gasteiger partial charge in [-0.15, -0.1) is 0 Å². The van der Waals surface area contributed by atoms with Gasteiger partial charge < -0.3 is 29.9 Å². The minimum Gasteiger partial charge on any atom is -0.480 e. The van der Waals surface area contributed by atoms with Gasteiger partial charge in [0, 0.05) is 38.0 Å². The van der Waals surface area contributed by atoms with E-state index >= 15 is 0 Å². The number of nitrogens with zero attached hydrogens (tertiary/aromatic N) is 1. The summed E-state index contributed by atoms with van der Waals surface area (Å²) in [6.07, 6.45) is -1.77. The summed E-state index contributed by atoms with van der Waals surface area (Å²) in [7, 11) is 0. The van der Waals surface area contributed by atoms with E-state index in [9.17, 15) is 24.6 Å². The molecule has 3 aliphatic rings. The number of alkyl carbamates (subject to hydrolysis) is 1. The molecule has 9 nitrogen and oxygen atoms in total. The maximum Gasteiger partial charge on any atom is 0.407 e. The van der Waals surface area contributed by atoms with Gasteiger partial charge in [-0.25, -0.2) is 9.59 Å². The van der Waals surface area contributed by atoms with Crippen LogP contribution in [-0.2, 0) is 19.1 Å². The van der Waals surface area contributed by atoms with Crippen LogP contribution >= 0.6 is 0 Å². The van der Waals surface area contributed by atoms with E-state index < -0.39 is 36.2 Å². The monoisotopic (exact) mass is 480 g/mol. The molecule has 9 heteroatoms. The van der Waals surface area contributed by atoms with Gasteiger partial charge in [0.2, 0.25) is 0 Å². The molecule has 1 aliphatic carbocycles. The number of carbonyl (C=O) groups is 3. The largest absolute Gasteiger partial charge is 0.480 e. The van der Waals surface area contributed by atoms with Crippen molar-refractivity contribution in [2.24, 2.45) is 5.92 Å². The number of carboxylic acid groups (broad SMARTS) is 1. The average molecular weight is 481 g/mol. The molecule has 184 valence electrons. The van der Waals surface area contributed by atoms with E-state index in [1.807, 2.05) is 36.4 Å². The highest BCUT2D eigenvalue weighted by Gasteiger charge is 2.45. The van der Waals surface area contributed by atoms with Crippen LogP contribution in [0.3, 0.4) is 0 Å². The predicted molar refractivity (Wildman–Crippen MR) is 125 cm³/mol. The molecule has 0 unspecified atom stereocenters. The summed E-state index contributed by atoms with van der Waals surface area (Å²) in [5, 5.41) is 22.0. The van der Waals surface area contributed by atoms with Gasteiger partial charge in [-0.1, -0.05) is 48.5 Å². The first-order valence-electron chi connectivity index (χ1n) is 11.9. The van der Waals surface area contributed by atoms with Gasteiger partial charge >= 0.3 is 12.1 Å². The lowest BCUT2D eigenvalue weighted by Gasteiger charge is -2.27. The molecule has 0 radical (unpaired) electrons. The maximum absolute atomic E-state index is 13.0. The summed E-state index contributed by atoms with van der Waals surface area (Å²) >= 11 is 0. The van der Waals surface area contributed by atoms with Crippen molar-refractivity contribution >= 4 is 18.0 Å². The van der Waals surface area contributed by atoms with Crippen LogP contribution in [0.2, 0.25) is 0 Å². The molecular formula is C26H28N2O7. The van der Waals surface area contributed by atoms with E-state index in [1.165, 1.54) is 4.90 Å². The fourth-order valence-electron chi connectivity index (χ4n) is 5.43. The Morgan fingerprint density at radius 1 is 1.06 bits per heavy atom. The lowest BCUT2D eigenvalue weighted by Crippen LogP contribution is -2.48. The number of carbonyl (C=O) groups excluding carboxylic acids is 2. The summed E-state index contributed by atoms with van der Waals surface area (Å²) in [5.74, 6) is -1.98. The van der Waals surface area contributed by atoms with Crippen LogP contribution in [0.15, 0.2) is 48.5 Å². The third kappa shape index (κ3) is 4.49. The molecule has 2 amide bonds. The zero-order chi connectivity index (χ0) is 24.5. The Kier molecular flexibility index (Phi) is 6.44.